The van der Waals surface area contributed by atoms with Gasteiger partial charge in [0.25, 0.3) is 0 Å². The molecule has 4 heteroatoms. The normalized spacial score (nSPS) is 22.9. The lowest BCUT2D eigenvalue weighted by Gasteiger charge is -2.28. The molecule has 1 aromatic carbocycles. The van der Waals surface area contributed by atoms with Crippen LogP contribution in [0.2, 0.25) is 0 Å². The van der Waals surface area contributed by atoms with Crippen molar-refractivity contribution < 1.29 is 9.84 Å². The SMILES string of the molecule is Cc1csc(C2C[C@H](O)c3ccccc3O2)n1. The molecule has 1 aliphatic heterocycles. The molecule has 17 heavy (non-hydrogen) atoms. The summed E-state index contributed by atoms with van der Waals surface area (Å²) in [6.07, 6.45) is -0.0167. The Hall–Kier alpha value is -1.39. The first-order chi connectivity index (χ1) is 8.24. The first kappa shape index (κ1) is 10.7. The highest BCUT2D eigenvalue weighted by Gasteiger charge is 2.29. The average Bonchev–Trinajstić information content (AvgIpc) is 2.76. The monoisotopic (exact) mass is 247 g/mol. The number of para-hydroxylation sites is 1. The maximum absolute atomic E-state index is 10.1. The van der Waals surface area contributed by atoms with Gasteiger partial charge in [0.15, 0.2) is 6.10 Å². The van der Waals surface area contributed by atoms with Crippen molar-refractivity contribution in [2.45, 2.75) is 25.6 Å². The van der Waals surface area contributed by atoms with Gasteiger partial charge in [0.05, 0.1) is 6.10 Å². The van der Waals surface area contributed by atoms with Gasteiger partial charge in [0, 0.05) is 23.1 Å². The Morgan fingerprint density at radius 2 is 2.24 bits per heavy atom. The molecule has 0 saturated carbocycles. The van der Waals surface area contributed by atoms with Crippen molar-refractivity contribution in [3.05, 3.63) is 45.9 Å². The van der Waals surface area contributed by atoms with Crippen LogP contribution < -0.4 is 4.74 Å². The van der Waals surface area contributed by atoms with Gasteiger partial charge in [-0.1, -0.05) is 18.2 Å². The van der Waals surface area contributed by atoms with Gasteiger partial charge in [0.1, 0.15) is 10.8 Å². The number of aromatic nitrogens is 1. The van der Waals surface area contributed by atoms with E-state index >= 15 is 0 Å². The smallest absolute Gasteiger partial charge is 0.153 e. The second-order valence-electron chi connectivity index (χ2n) is 4.22. The second kappa shape index (κ2) is 4.13. The highest BCUT2D eigenvalue weighted by atomic mass is 32.1. The lowest BCUT2D eigenvalue weighted by atomic mass is 9.99. The standard InChI is InChI=1S/C13H13NO2S/c1-8-7-17-13(14-8)12-6-10(15)9-4-2-3-5-11(9)16-12/h2-5,7,10,12,15H,6H2,1H3/t10-,12?/m0/s1. The molecule has 0 radical (unpaired) electrons. The number of hydrogen-bond acceptors (Lipinski definition) is 4. The summed E-state index contributed by atoms with van der Waals surface area (Å²) in [5.41, 5.74) is 1.87. The molecule has 0 aliphatic carbocycles. The lowest BCUT2D eigenvalue weighted by molar-refractivity contribution is 0.0656. The second-order valence-corrected chi connectivity index (χ2v) is 5.11. The molecule has 2 aromatic rings. The van der Waals surface area contributed by atoms with Crippen molar-refractivity contribution in [2.75, 3.05) is 0 Å². The number of benzene rings is 1. The predicted molar refractivity (Wildman–Crippen MR) is 66.2 cm³/mol. The number of fused-ring (bicyclic) bond motifs is 1. The molecular formula is C13H13NO2S. The van der Waals surface area contributed by atoms with Gasteiger partial charge in [-0.05, 0) is 13.0 Å². The van der Waals surface area contributed by atoms with E-state index < -0.39 is 6.10 Å². The summed E-state index contributed by atoms with van der Waals surface area (Å²) in [5, 5.41) is 13.0. The Morgan fingerprint density at radius 3 is 3.00 bits per heavy atom. The predicted octanol–water partition coefficient (Wildman–Crippen LogP) is 3.01. The third kappa shape index (κ3) is 1.94. The molecule has 1 N–H and O–H groups in total. The number of aliphatic hydroxyl groups is 1. The lowest BCUT2D eigenvalue weighted by Crippen LogP contribution is -2.18. The van der Waals surface area contributed by atoms with E-state index in [1.807, 2.05) is 36.6 Å². The number of nitrogens with zero attached hydrogens (tertiary/aromatic N) is 1. The highest BCUT2D eigenvalue weighted by Crippen LogP contribution is 2.41. The Labute approximate surface area is 104 Å². The van der Waals surface area contributed by atoms with E-state index in [1.165, 1.54) is 0 Å². The molecule has 0 amide bonds. The molecule has 0 saturated heterocycles. The third-order valence-corrected chi connectivity index (χ3v) is 3.95. The van der Waals surface area contributed by atoms with Crippen LogP contribution >= 0.6 is 11.3 Å². The maximum Gasteiger partial charge on any atom is 0.153 e. The summed E-state index contributed by atoms with van der Waals surface area (Å²) in [4.78, 5) is 4.42. The van der Waals surface area contributed by atoms with E-state index in [0.29, 0.717) is 6.42 Å². The van der Waals surface area contributed by atoms with Gasteiger partial charge >= 0.3 is 0 Å². The van der Waals surface area contributed by atoms with Crippen molar-refractivity contribution in [1.82, 2.24) is 4.98 Å². The minimum atomic E-state index is -0.464. The summed E-state index contributed by atoms with van der Waals surface area (Å²) >= 11 is 1.59. The van der Waals surface area contributed by atoms with Gasteiger partial charge in [-0.25, -0.2) is 4.98 Å². The van der Waals surface area contributed by atoms with Crippen LogP contribution in [0.4, 0.5) is 0 Å². The van der Waals surface area contributed by atoms with E-state index in [9.17, 15) is 5.11 Å². The Bertz CT molecular complexity index is 538. The molecule has 1 aromatic heterocycles. The van der Waals surface area contributed by atoms with E-state index in [-0.39, 0.29) is 6.10 Å². The fourth-order valence-electron chi connectivity index (χ4n) is 2.07. The summed E-state index contributed by atoms with van der Waals surface area (Å²) in [6.45, 7) is 1.97. The molecule has 1 aliphatic rings. The van der Waals surface area contributed by atoms with Crippen LogP contribution in [0.3, 0.4) is 0 Å². The molecule has 0 fully saturated rings. The van der Waals surface area contributed by atoms with Crippen LogP contribution in [0.5, 0.6) is 5.75 Å². The zero-order valence-electron chi connectivity index (χ0n) is 9.46. The van der Waals surface area contributed by atoms with Gasteiger partial charge < -0.3 is 9.84 Å². The topological polar surface area (TPSA) is 42.4 Å². The number of ether oxygens (including phenoxy) is 1. The molecule has 1 unspecified atom stereocenters. The molecule has 88 valence electrons. The zero-order valence-corrected chi connectivity index (χ0v) is 10.3. The molecule has 2 heterocycles. The number of aryl methyl sites for hydroxylation is 1. The Morgan fingerprint density at radius 1 is 1.41 bits per heavy atom. The van der Waals surface area contributed by atoms with Crippen LogP contribution in [-0.2, 0) is 0 Å². The summed E-state index contributed by atoms with van der Waals surface area (Å²) in [6, 6.07) is 7.63. The number of thiazole rings is 1. The van der Waals surface area contributed by atoms with Crippen molar-refractivity contribution in [2.24, 2.45) is 0 Å². The van der Waals surface area contributed by atoms with E-state index in [4.69, 9.17) is 4.74 Å². The molecule has 3 nitrogen and oxygen atoms in total. The van der Waals surface area contributed by atoms with Gasteiger partial charge in [-0.2, -0.15) is 0 Å². The quantitative estimate of drug-likeness (QED) is 0.842. The number of aliphatic hydroxyl groups excluding tert-OH is 1. The van der Waals surface area contributed by atoms with E-state index in [0.717, 1.165) is 22.0 Å². The van der Waals surface area contributed by atoms with Crippen LogP contribution in [0.25, 0.3) is 0 Å². The van der Waals surface area contributed by atoms with Crippen molar-refractivity contribution >= 4 is 11.3 Å². The first-order valence-electron chi connectivity index (χ1n) is 5.59. The van der Waals surface area contributed by atoms with E-state index in [2.05, 4.69) is 4.98 Å². The average molecular weight is 247 g/mol. The summed E-state index contributed by atoms with van der Waals surface area (Å²) < 4.78 is 5.89. The molecule has 3 rings (SSSR count). The number of rotatable bonds is 1. The highest BCUT2D eigenvalue weighted by molar-refractivity contribution is 7.09. The maximum atomic E-state index is 10.1. The fourth-order valence-corrected chi connectivity index (χ4v) is 2.90. The van der Waals surface area contributed by atoms with Gasteiger partial charge in [-0.15, -0.1) is 11.3 Å². The van der Waals surface area contributed by atoms with E-state index in [1.54, 1.807) is 11.3 Å². The van der Waals surface area contributed by atoms with Crippen LogP contribution in [0.1, 0.15) is 34.9 Å². The molecule has 0 bridgehead atoms. The Balaban J connectivity index is 1.93. The van der Waals surface area contributed by atoms with Crippen LogP contribution in [0.15, 0.2) is 29.6 Å². The minimum absolute atomic E-state index is 0.126. The van der Waals surface area contributed by atoms with Crippen LogP contribution in [0, 0.1) is 6.92 Å². The van der Waals surface area contributed by atoms with Crippen molar-refractivity contribution in [3.8, 4) is 5.75 Å². The first-order valence-corrected chi connectivity index (χ1v) is 6.47. The minimum Gasteiger partial charge on any atom is -0.483 e. The van der Waals surface area contributed by atoms with Gasteiger partial charge in [0.2, 0.25) is 0 Å². The molecule has 0 spiro atoms. The van der Waals surface area contributed by atoms with Crippen LogP contribution in [-0.4, -0.2) is 10.1 Å². The largest absolute Gasteiger partial charge is 0.483 e. The fraction of sp³-hybridized carbons (Fsp3) is 0.308. The van der Waals surface area contributed by atoms with Gasteiger partial charge in [-0.3, -0.25) is 0 Å². The number of hydrogen-bond donors (Lipinski definition) is 1. The third-order valence-electron chi connectivity index (χ3n) is 2.90. The Kier molecular flexibility index (Phi) is 2.61. The molecular weight excluding hydrogens is 234 g/mol. The molecule has 2 atom stereocenters. The van der Waals surface area contributed by atoms with Crippen molar-refractivity contribution in [1.29, 1.82) is 0 Å². The van der Waals surface area contributed by atoms with Crippen molar-refractivity contribution in [3.63, 3.8) is 0 Å². The zero-order chi connectivity index (χ0) is 11.8. The summed E-state index contributed by atoms with van der Waals surface area (Å²) in [5.74, 6) is 0.768. The summed E-state index contributed by atoms with van der Waals surface area (Å²) in [7, 11) is 0.